The van der Waals surface area contributed by atoms with Crippen molar-refractivity contribution in [3.63, 3.8) is 0 Å². The number of carbonyl (C=O) groups is 2. The van der Waals surface area contributed by atoms with E-state index in [2.05, 4.69) is 10.6 Å². The third-order valence-electron chi connectivity index (χ3n) is 2.26. The summed E-state index contributed by atoms with van der Waals surface area (Å²) in [6, 6.07) is -0.178. The zero-order chi connectivity index (χ0) is 13.5. The smallest absolute Gasteiger partial charge is 0.315 e. The first kappa shape index (κ1) is 15.7. The predicted molar refractivity (Wildman–Crippen MR) is 66.9 cm³/mol. The highest BCUT2D eigenvalue weighted by molar-refractivity contribution is 5.74. The molecule has 0 aromatic heterocycles. The SMILES string of the molecule is CC(CCNC(=O)NC(C)(C)C)CCC(=O)O. The number of hydrogen-bond acceptors (Lipinski definition) is 2. The van der Waals surface area contributed by atoms with Gasteiger partial charge in [0.1, 0.15) is 0 Å². The Morgan fingerprint density at radius 3 is 2.29 bits per heavy atom. The van der Waals surface area contributed by atoms with Gasteiger partial charge < -0.3 is 15.7 Å². The maximum atomic E-state index is 11.4. The molecule has 0 aromatic rings. The number of nitrogens with one attached hydrogen (secondary N) is 2. The molecule has 0 fully saturated rings. The fraction of sp³-hybridized carbons (Fsp3) is 0.833. The van der Waals surface area contributed by atoms with Gasteiger partial charge in [-0.1, -0.05) is 6.92 Å². The monoisotopic (exact) mass is 244 g/mol. The third kappa shape index (κ3) is 11.0. The topological polar surface area (TPSA) is 78.4 Å². The Labute approximate surface area is 103 Å². The molecule has 5 heteroatoms. The second-order valence-corrected chi connectivity index (χ2v) is 5.46. The quantitative estimate of drug-likeness (QED) is 0.668. The lowest BCUT2D eigenvalue weighted by atomic mass is 10.0. The van der Waals surface area contributed by atoms with Crippen LogP contribution in [0.2, 0.25) is 0 Å². The largest absolute Gasteiger partial charge is 0.481 e. The van der Waals surface area contributed by atoms with Gasteiger partial charge >= 0.3 is 12.0 Å². The van der Waals surface area contributed by atoms with Crippen LogP contribution in [0.3, 0.4) is 0 Å². The number of carbonyl (C=O) groups excluding carboxylic acids is 1. The zero-order valence-electron chi connectivity index (χ0n) is 11.2. The van der Waals surface area contributed by atoms with Crippen LogP contribution in [0.25, 0.3) is 0 Å². The van der Waals surface area contributed by atoms with E-state index >= 15 is 0 Å². The van der Waals surface area contributed by atoms with E-state index in [1.54, 1.807) is 0 Å². The summed E-state index contributed by atoms with van der Waals surface area (Å²) in [5.41, 5.74) is -0.237. The van der Waals surface area contributed by atoms with Crippen LogP contribution in [0.15, 0.2) is 0 Å². The molecule has 0 aliphatic rings. The molecule has 0 radical (unpaired) electrons. The molecule has 0 bridgehead atoms. The number of hydrogen-bond donors (Lipinski definition) is 3. The Bertz CT molecular complexity index is 259. The summed E-state index contributed by atoms with van der Waals surface area (Å²) < 4.78 is 0. The minimum Gasteiger partial charge on any atom is -0.481 e. The molecule has 0 heterocycles. The number of amides is 2. The Morgan fingerprint density at radius 2 is 1.82 bits per heavy atom. The van der Waals surface area contributed by atoms with Crippen molar-refractivity contribution in [2.45, 2.75) is 52.5 Å². The van der Waals surface area contributed by atoms with Gasteiger partial charge in [0, 0.05) is 18.5 Å². The Hall–Kier alpha value is -1.26. The van der Waals surface area contributed by atoms with Crippen LogP contribution in [-0.2, 0) is 4.79 Å². The lowest BCUT2D eigenvalue weighted by molar-refractivity contribution is -0.137. The summed E-state index contributed by atoms with van der Waals surface area (Å²) in [5.74, 6) is -0.462. The number of urea groups is 1. The van der Waals surface area contributed by atoms with E-state index in [0.29, 0.717) is 18.9 Å². The van der Waals surface area contributed by atoms with Crippen LogP contribution in [0.5, 0.6) is 0 Å². The zero-order valence-corrected chi connectivity index (χ0v) is 11.2. The van der Waals surface area contributed by atoms with Gasteiger partial charge in [-0.2, -0.15) is 0 Å². The van der Waals surface area contributed by atoms with Gasteiger partial charge in [-0.05, 0) is 39.5 Å². The fourth-order valence-electron chi connectivity index (χ4n) is 1.33. The van der Waals surface area contributed by atoms with Crippen molar-refractivity contribution in [3.05, 3.63) is 0 Å². The van der Waals surface area contributed by atoms with Gasteiger partial charge in [0.2, 0.25) is 0 Å². The average molecular weight is 244 g/mol. The first-order valence-electron chi connectivity index (χ1n) is 5.98. The predicted octanol–water partition coefficient (Wildman–Crippen LogP) is 1.98. The number of rotatable bonds is 6. The van der Waals surface area contributed by atoms with E-state index in [1.165, 1.54) is 0 Å². The summed E-state index contributed by atoms with van der Waals surface area (Å²) in [7, 11) is 0. The minimum absolute atomic E-state index is 0.178. The third-order valence-corrected chi connectivity index (χ3v) is 2.26. The molecule has 0 saturated carbocycles. The van der Waals surface area contributed by atoms with Crippen LogP contribution in [0.1, 0.15) is 47.0 Å². The second kappa shape index (κ2) is 7.14. The highest BCUT2D eigenvalue weighted by Crippen LogP contribution is 2.09. The van der Waals surface area contributed by atoms with Gasteiger partial charge in [-0.15, -0.1) is 0 Å². The molecule has 0 aromatic carbocycles. The second-order valence-electron chi connectivity index (χ2n) is 5.46. The summed E-state index contributed by atoms with van der Waals surface area (Å²) in [4.78, 5) is 21.8. The van der Waals surface area contributed by atoms with Crippen molar-refractivity contribution in [1.82, 2.24) is 10.6 Å². The molecule has 1 unspecified atom stereocenters. The maximum Gasteiger partial charge on any atom is 0.315 e. The molecule has 17 heavy (non-hydrogen) atoms. The van der Waals surface area contributed by atoms with Crippen molar-refractivity contribution in [2.75, 3.05) is 6.54 Å². The van der Waals surface area contributed by atoms with E-state index in [4.69, 9.17) is 5.11 Å². The molecule has 100 valence electrons. The molecular formula is C12H24N2O3. The van der Waals surface area contributed by atoms with Crippen LogP contribution in [-0.4, -0.2) is 29.2 Å². The Balaban J connectivity index is 3.62. The average Bonchev–Trinajstić information content (AvgIpc) is 2.11. The normalized spacial score (nSPS) is 12.9. The van der Waals surface area contributed by atoms with Crippen LogP contribution >= 0.6 is 0 Å². The first-order valence-corrected chi connectivity index (χ1v) is 5.98. The number of carboxylic acid groups (broad SMARTS) is 1. The molecule has 2 amide bonds. The molecule has 5 nitrogen and oxygen atoms in total. The Kier molecular flexibility index (Phi) is 6.61. The van der Waals surface area contributed by atoms with Crippen molar-refractivity contribution in [3.8, 4) is 0 Å². The van der Waals surface area contributed by atoms with Crippen LogP contribution in [0, 0.1) is 5.92 Å². The van der Waals surface area contributed by atoms with Gasteiger partial charge in [-0.25, -0.2) is 4.79 Å². The molecule has 0 spiro atoms. The summed E-state index contributed by atoms with van der Waals surface area (Å²) in [5, 5.41) is 14.1. The molecule has 0 aliphatic heterocycles. The summed E-state index contributed by atoms with van der Waals surface area (Å²) in [6.45, 7) is 8.32. The number of carboxylic acids is 1. The Morgan fingerprint density at radius 1 is 1.24 bits per heavy atom. The van der Waals surface area contributed by atoms with Crippen molar-refractivity contribution >= 4 is 12.0 Å². The lowest BCUT2D eigenvalue weighted by Gasteiger charge is -2.21. The van der Waals surface area contributed by atoms with Gasteiger partial charge in [0.15, 0.2) is 0 Å². The molecule has 1 atom stereocenters. The fourth-order valence-corrected chi connectivity index (χ4v) is 1.33. The highest BCUT2D eigenvalue weighted by atomic mass is 16.4. The minimum atomic E-state index is -0.768. The van der Waals surface area contributed by atoms with Crippen LogP contribution in [0.4, 0.5) is 4.79 Å². The molecule has 0 aliphatic carbocycles. The highest BCUT2D eigenvalue weighted by Gasteiger charge is 2.13. The number of aliphatic carboxylic acids is 1. The first-order chi connectivity index (χ1) is 7.70. The van der Waals surface area contributed by atoms with E-state index in [-0.39, 0.29) is 18.0 Å². The van der Waals surface area contributed by atoms with Crippen LogP contribution < -0.4 is 10.6 Å². The van der Waals surface area contributed by atoms with Crippen molar-refractivity contribution in [1.29, 1.82) is 0 Å². The summed E-state index contributed by atoms with van der Waals surface area (Å²) >= 11 is 0. The summed E-state index contributed by atoms with van der Waals surface area (Å²) in [6.07, 6.45) is 1.64. The maximum absolute atomic E-state index is 11.4. The van der Waals surface area contributed by atoms with Crippen molar-refractivity contribution < 1.29 is 14.7 Å². The van der Waals surface area contributed by atoms with E-state index in [9.17, 15) is 9.59 Å². The molecule has 3 N–H and O–H groups in total. The molecule has 0 saturated heterocycles. The molecule has 0 rings (SSSR count). The van der Waals surface area contributed by atoms with Gasteiger partial charge in [0.25, 0.3) is 0 Å². The van der Waals surface area contributed by atoms with Crippen molar-refractivity contribution in [2.24, 2.45) is 5.92 Å². The lowest BCUT2D eigenvalue weighted by Crippen LogP contribution is -2.46. The molecular weight excluding hydrogens is 220 g/mol. The van der Waals surface area contributed by atoms with E-state index in [1.807, 2.05) is 27.7 Å². The van der Waals surface area contributed by atoms with Gasteiger partial charge in [-0.3, -0.25) is 4.79 Å². The van der Waals surface area contributed by atoms with E-state index < -0.39 is 5.97 Å². The van der Waals surface area contributed by atoms with E-state index in [0.717, 1.165) is 6.42 Å². The standard InChI is InChI=1S/C12H24N2O3/c1-9(5-6-10(15)16)7-8-13-11(17)14-12(2,3)4/h9H,5-8H2,1-4H3,(H,15,16)(H2,13,14,17). The van der Waals surface area contributed by atoms with Gasteiger partial charge in [0.05, 0.1) is 0 Å².